The molecule has 15 heavy (non-hydrogen) atoms. The monoisotopic (exact) mass is 227 g/mol. The second-order valence-corrected chi connectivity index (χ2v) is 3.77. The second kappa shape index (κ2) is 10.0. The first kappa shape index (κ1) is 14.5. The lowest BCUT2D eigenvalue weighted by molar-refractivity contribution is 0.341. The molecule has 0 atom stereocenters. The predicted molar refractivity (Wildman–Crippen MR) is 68.5 cm³/mol. The molecule has 0 bridgehead atoms. The molecule has 0 aromatic heterocycles. The van der Waals surface area contributed by atoms with Crippen LogP contribution in [0, 0.1) is 0 Å². The fourth-order valence-corrected chi connectivity index (χ4v) is 1.29. The van der Waals surface area contributed by atoms with Crippen LogP contribution in [0.15, 0.2) is 30.3 Å². The molecular formula is C12H21NOS. The Morgan fingerprint density at radius 2 is 1.80 bits per heavy atom. The molecule has 0 heterocycles. The SMILES string of the molecule is CC.CCN(C)SOCc1ccccc1. The van der Waals surface area contributed by atoms with Crippen molar-refractivity contribution in [2.24, 2.45) is 0 Å². The molecule has 0 aliphatic heterocycles. The van der Waals surface area contributed by atoms with Crippen LogP contribution in [0.1, 0.15) is 26.3 Å². The number of rotatable bonds is 5. The first-order valence-corrected chi connectivity index (χ1v) is 6.07. The normalized spacial score (nSPS) is 9.67. The van der Waals surface area contributed by atoms with Crippen molar-refractivity contribution in [3.8, 4) is 0 Å². The topological polar surface area (TPSA) is 12.5 Å². The van der Waals surface area contributed by atoms with E-state index in [1.807, 2.05) is 43.4 Å². The molecule has 0 amide bonds. The predicted octanol–water partition coefficient (Wildman–Crippen LogP) is 3.74. The van der Waals surface area contributed by atoms with Crippen molar-refractivity contribution in [3.63, 3.8) is 0 Å². The van der Waals surface area contributed by atoms with Crippen molar-refractivity contribution in [2.45, 2.75) is 27.4 Å². The lowest BCUT2D eigenvalue weighted by Crippen LogP contribution is -2.07. The van der Waals surface area contributed by atoms with E-state index in [-0.39, 0.29) is 0 Å². The maximum atomic E-state index is 5.41. The van der Waals surface area contributed by atoms with Gasteiger partial charge in [0.2, 0.25) is 0 Å². The standard InChI is InChI=1S/C10H15NOS.C2H6/c1-3-11(2)13-12-9-10-7-5-4-6-8-10;1-2/h4-8H,3,9H2,1-2H3;1-2H3. The smallest absolute Gasteiger partial charge is 0.0879 e. The minimum atomic E-state index is 0.663. The third-order valence-electron chi connectivity index (χ3n) is 1.69. The van der Waals surface area contributed by atoms with E-state index in [4.69, 9.17) is 4.18 Å². The maximum absolute atomic E-state index is 5.41. The molecule has 86 valence electrons. The van der Waals surface area contributed by atoms with Gasteiger partial charge in [0.1, 0.15) is 0 Å². The molecule has 0 unspecified atom stereocenters. The van der Waals surface area contributed by atoms with Crippen molar-refractivity contribution in [1.29, 1.82) is 0 Å². The van der Waals surface area contributed by atoms with Gasteiger partial charge in [-0.2, -0.15) is 0 Å². The first-order chi connectivity index (χ1) is 7.33. The van der Waals surface area contributed by atoms with Gasteiger partial charge in [0.25, 0.3) is 0 Å². The molecule has 0 saturated heterocycles. The Morgan fingerprint density at radius 1 is 1.20 bits per heavy atom. The van der Waals surface area contributed by atoms with E-state index < -0.39 is 0 Å². The van der Waals surface area contributed by atoms with Crippen molar-refractivity contribution in [3.05, 3.63) is 35.9 Å². The van der Waals surface area contributed by atoms with Crippen molar-refractivity contribution in [1.82, 2.24) is 4.31 Å². The second-order valence-electron chi connectivity index (χ2n) is 2.77. The Labute approximate surface area is 98.0 Å². The summed E-state index contributed by atoms with van der Waals surface area (Å²) in [7, 11) is 2.01. The fraction of sp³-hybridized carbons (Fsp3) is 0.500. The van der Waals surface area contributed by atoms with Gasteiger partial charge in [-0.15, -0.1) is 0 Å². The van der Waals surface area contributed by atoms with Crippen LogP contribution in [0.4, 0.5) is 0 Å². The van der Waals surface area contributed by atoms with Gasteiger partial charge in [0, 0.05) is 6.54 Å². The van der Waals surface area contributed by atoms with E-state index in [0.29, 0.717) is 6.61 Å². The Kier molecular flexibility index (Phi) is 9.68. The molecule has 0 N–H and O–H groups in total. The molecule has 0 aliphatic carbocycles. The van der Waals surface area contributed by atoms with Crippen LogP contribution in [0.5, 0.6) is 0 Å². The summed E-state index contributed by atoms with van der Waals surface area (Å²) in [5, 5.41) is 0. The van der Waals surface area contributed by atoms with E-state index in [1.54, 1.807) is 0 Å². The summed E-state index contributed by atoms with van der Waals surface area (Å²) in [5.41, 5.74) is 1.21. The molecule has 1 aromatic rings. The van der Waals surface area contributed by atoms with Gasteiger partial charge in [-0.05, 0) is 12.6 Å². The van der Waals surface area contributed by atoms with Crippen molar-refractivity contribution < 1.29 is 4.18 Å². The van der Waals surface area contributed by atoms with E-state index >= 15 is 0 Å². The Hall–Kier alpha value is -0.510. The molecule has 0 saturated carbocycles. The summed E-state index contributed by atoms with van der Waals surface area (Å²) in [5.74, 6) is 0. The lowest BCUT2D eigenvalue weighted by Gasteiger charge is -2.11. The molecule has 1 aromatic carbocycles. The third kappa shape index (κ3) is 7.42. The van der Waals surface area contributed by atoms with Gasteiger partial charge in [0.15, 0.2) is 0 Å². The summed E-state index contributed by atoms with van der Waals surface area (Å²) >= 11 is 1.40. The quantitative estimate of drug-likeness (QED) is 0.561. The zero-order chi connectivity index (χ0) is 11.5. The van der Waals surface area contributed by atoms with E-state index in [2.05, 4.69) is 19.1 Å². The summed E-state index contributed by atoms with van der Waals surface area (Å²) in [6.45, 7) is 7.74. The molecule has 3 heteroatoms. The summed E-state index contributed by atoms with van der Waals surface area (Å²) < 4.78 is 7.46. The largest absolute Gasteiger partial charge is 0.296 e. The molecular weight excluding hydrogens is 206 g/mol. The lowest BCUT2D eigenvalue weighted by atomic mass is 10.2. The average Bonchev–Trinajstić information content (AvgIpc) is 2.33. The van der Waals surface area contributed by atoms with Gasteiger partial charge >= 0.3 is 0 Å². The van der Waals surface area contributed by atoms with Crippen LogP contribution >= 0.6 is 12.2 Å². The highest BCUT2D eigenvalue weighted by Gasteiger charge is 1.96. The summed E-state index contributed by atoms with van der Waals surface area (Å²) in [6.07, 6.45) is 0. The summed E-state index contributed by atoms with van der Waals surface area (Å²) in [4.78, 5) is 0. The molecule has 1 rings (SSSR count). The van der Waals surface area contributed by atoms with Crippen molar-refractivity contribution in [2.75, 3.05) is 13.6 Å². The minimum Gasteiger partial charge on any atom is -0.296 e. The number of hydrogen-bond acceptors (Lipinski definition) is 3. The van der Waals surface area contributed by atoms with Gasteiger partial charge in [-0.3, -0.25) is 4.18 Å². The van der Waals surface area contributed by atoms with E-state index in [1.165, 1.54) is 17.8 Å². The Balaban J connectivity index is 0.000000921. The highest BCUT2D eigenvalue weighted by molar-refractivity contribution is 7.92. The summed E-state index contributed by atoms with van der Waals surface area (Å²) in [6, 6.07) is 10.2. The number of hydrogen-bond donors (Lipinski definition) is 0. The molecule has 2 nitrogen and oxygen atoms in total. The van der Waals surface area contributed by atoms with Crippen LogP contribution in [0.3, 0.4) is 0 Å². The van der Waals surface area contributed by atoms with E-state index in [0.717, 1.165) is 6.54 Å². The third-order valence-corrected chi connectivity index (χ3v) is 2.43. The zero-order valence-corrected chi connectivity index (χ0v) is 10.9. The average molecular weight is 227 g/mol. The zero-order valence-electron chi connectivity index (χ0n) is 10.1. The van der Waals surface area contributed by atoms with Crippen LogP contribution in [-0.4, -0.2) is 17.9 Å². The number of benzene rings is 1. The van der Waals surface area contributed by atoms with Crippen LogP contribution in [-0.2, 0) is 10.8 Å². The van der Waals surface area contributed by atoms with Gasteiger partial charge in [-0.25, -0.2) is 4.31 Å². The Morgan fingerprint density at radius 3 is 2.33 bits per heavy atom. The molecule has 0 spiro atoms. The van der Waals surface area contributed by atoms with Gasteiger partial charge in [-0.1, -0.05) is 51.1 Å². The first-order valence-electron chi connectivity index (χ1n) is 5.37. The maximum Gasteiger partial charge on any atom is 0.0879 e. The van der Waals surface area contributed by atoms with E-state index in [9.17, 15) is 0 Å². The van der Waals surface area contributed by atoms with Crippen LogP contribution < -0.4 is 0 Å². The fourth-order valence-electron chi connectivity index (χ4n) is 0.811. The van der Waals surface area contributed by atoms with Gasteiger partial charge < -0.3 is 0 Å². The highest BCUT2D eigenvalue weighted by Crippen LogP contribution is 2.11. The minimum absolute atomic E-state index is 0.663. The van der Waals surface area contributed by atoms with Crippen LogP contribution in [0.25, 0.3) is 0 Å². The molecule has 0 radical (unpaired) electrons. The molecule has 0 aliphatic rings. The highest BCUT2D eigenvalue weighted by atomic mass is 32.2. The molecule has 0 fully saturated rings. The van der Waals surface area contributed by atoms with Crippen LogP contribution in [0.2, 0.25) is 0 Å². The van der Waals surface area contributed by atoms with Gasteiger partial charge in [0.05, 0.1) is 18.8 Å². The Bertz CT molecular complexity index is 228. The number of nitrogens with zero attached hydrogens (tertiary/aromatic N) is 1. The van der Waals surface area contributed by atoms with Crippen molar-refractivity contribution >= 4 is 12.2 Å².